The Morgan fingerprint density at radius 1 is 1.30 bits per heavy atom. The molecule has 1 fully saturated rings. The summed E-state index contributed by atoms with van der Waals surface area (Å²) in [5.41, 5.74) is 3.94. The summed E-state index contributed by atoms with van der Waals surface area (Å²) in [5.74, 6) is 1.73. The highest BCUT2D eigenvalue weighted by molar-refractivity contribution is 8.02. The van der Waals surface area contributed by atoms with Crippen LogP contribution < -0.4 is 5.32 Å². The summed E-state index contributed by atoms with van der Waals surface area (Å²) in [7, 11) is 0. The monoisotopic (exact) mass is 342 g/mol. The van der Waals surface area contributed by atoms with Crippen molar-refractivity contribution in [2.45, 2.75) is 18.8 Å². The Labute approximate surface area is 142 Å². The van der Waals surface area contributed by atoms with Gasteiger partial charge in [-0.2, -0.15) is 0 Å². The van der Waals surface area contributed by atoms with E-state index in [0.717, 1.165) is 34.9 Å². The van der Waals surface area contributed by atoms with Crippen molar-refractivity contribution in [3.8, 4) is 10.7 Å². The van der Waals surface area contributed by atoms with Crippen LogP contribution in [-0.4, -0.2) is 26.6 Å². The summed E-state index contributed by atoms with van der Waals surface area (Å²) in [5, 5.41) is 4.89. The maximum absolute atomic E-state index is 12.5. The lowest BCUT2D eigenvalue weighted by Gasteiger charge is -2.10. The van der Waals surface area contributed by atoms with Crippen molar-refractivity contribution in [2.75, 3.05) is 5.75 Å². The minimum Gasteiger partial charge on any atom is -0.321 e. The van der Waals surface area contributed by atoms with Crippen molar-refractivity contribution < 1.29 is 4.79 Å². The van der Waals surface area contributed by atoms with Gasteiger partial charge in [0.1, 0.15) is 5.69 Å². The SMILES string of the molecule is O=C(NC1=CCSC=C1)c1cc(C2CC2)nc(-c2cncs2)n1. The number of thioether (sulfide) groups is 1. The van der Waals surface area contributed by atoms with E-state index in [9.17, 15) is 4.79 Å². The molecular weight excluding hydrogens is 328 g/mol. The smallest absolute Gasteiger partial charge is 0.274 e. The molecule has 0 atom stereocenters. The molecule has 2 aromatic heterocycles. The third-order valence-electron chi connectivity index (χ3n) is 3.63. The second-order valence-electron chi connectivity index (χ2n) is 5.39. The largest absolute Gasteiger partial charge is 0.321 e. The first-order valence-electron chi connectivity index (χ1n) is 7.37. The molecule has 1 N–H and O–H groups in total. The summed E-state index contributed by atoms with van der Waals surface area (Å²) in [4.78, 5) is 26.5. The molecule has 0 saturated heterocycles. The van der Waals surface area contributed by atoms with Gasteiger partial charge in [0, 0.05) is 29.3 Å². The van der Waals surface area contributed by atoms with Crippen molar-refractivity contribution in [1.82, 2.24) is 20.3 Å². The fourth-order valence-electron chi connectivity index (χ4n) is 2.28. The number of carbonyl (C=O) groups excluding carboxylic acids is 1. The molecule has 1 amide bonds. The van der Waals surface area contributed by atoms with Crippen LogP contribution in [0.25, 0.3) is 10.7 Å². The highest BCUT2D eigenvalue weighted by atomic mass is 32.2. The predicted octanol–water partition coefficient (Wildman–Crippen LogP) is 3.35. The predicted molar refractivity (Wildman–Crippen MR) is 92.3 cm³/mol. The maximum Gasteiger partial charge on any atom is 0.274 e. The number of allylic oxidation sites excluding steroid dienone is 1. The van der Waals surface area contributed by atoms with E-state index in [-0.39, 0.29) is 5.91 Å². The molecule has 1 aliphatic carbocycles. The normalized spacial score (nSPS) is 17.0. The van der Waals surface area contributed by atoms with Gasteiger partial charge in [-0.05, 0) is 30.4 Å². The minimum absolute atomic E-state index is 0.192. The van der Waals surface area contributed by atoms with Crippen LogP contribution in [0.15, 0.2) is 41.0 Å². The van der Waals surface area contributed by atoms with Gasteiger partial charge in [0.25, 0.3) is 5.91 Å². The van der Waals surface area contributed by atoms with Crippen molar-refractivity contribution in [3.63, 3.8) is 0 Å². The van der Waals surface area contributed by atoms with Crippen LogP contribution >= 0.6 is 23.1 Å². The van der Waals surface area contributed by atoms with Crippen LogP contribution in [0.1, 0.15) is 34.9 Å². The topological polar surface area (TPSA) is 67.8 Å². The molecule has 2 aromatic rings. The molecule has 0 aromatic carbocycles. The molecule has 1 aliphatic heterocycles. The quantitative estimate of drug-likeness (QED) is 0.923. The van der Waals surface area contributed by atoms with Gasteiger partial charge in [0.15, 0.2) is 5.82 Å². The molecule has 2 aliphatic rings. The lowest BCUT2D eigenvalue weighted by Crippen LogP contribution is -2.24. The standard InChI is InChI=1S/C16H14N4OS2/c21-16(18-11-3-5-22-6-4-11)13-7-12(10-1-2-10)19-15(20-13)14-8-17-9-23-14/h3-5,7-10H,1-2,6H2,(H,18,21). The van der Waals surface area contributed by atoms with E-state index in [1.54, 1.807) is 23.5 Å². The molecule has 1 saturated carbocycles. The van der Waals surface area contributed by atoms with Crippen LogP contribution in [0.3, 0.4) is 0 Å². The van der Waals surface area contributed by atoms with Crippen LogP contribution in [0.2, 0.25) is 0 Å². The van der Waals surface area contributed by atoms with Crippen molar-refractivity contribution in [1.29, 1.82) is 0 Å². The van der Waals surface area contributed by atoms with Gasteiger partial charge in [-0.15, -0.1) is 23.1 Å². The van der Waals surface area contributed by atoms with Crippen LogP contribution in [0.4, 0.5) is 0 Å². The van der Waals surface area contributed by atoms with E-state index in [0.29, 0.717) is 17.4 Å². The Balaban J connectivity index is 1.65. The molecule has 0 bridgehead atoms. The highest BCUT2D eigenvalue weighted by Gasteiger charge is 2.27. The Kier molecular flexibility index (Phi) is 3.97. The summed E-state index contributed by atoms with van der Waals surface area (Å²) in [6.07, 6.45) is 7.90. The van der Waals surface area contributed by atoms with Crippen LogP contribution in [-0.2, 0) is 0 Å². The zero-order valence-corrected chi connectivity index (χ0v) is 13.9. The van der Waals surface area contributed by atoms with E-state index in [1.807, 2.05) is 23.6 Å². The molecule has 4 rings (SSSR count). The molecular formula is C16H14N4OS2. The average molecular weight is 342 g/mol. The van der Waals surface area contributed by atoms with E-state index in [2.05, 4.69) is 20.3 Å². The fourth-order valence-corrected chi connectivity index (χ4v) is 3.46. The zero-order valence-electron chi connectivity index (χ0n) is 12.2. The fraction of sp³-hybridized carbons (Fsp3) is 0.250. The van der Waals surface area contributed by atoms with Gasteiger partial charge in [-0.1, -0.05) is 6.08 Å². The van der Waals surface area contributed by atoms with E-state index in [1.165, 1.54) is 11.3 Å². The molecule has 0 radical (unpaired) electrons. The Bertz CT molecular complexity index is 794. The van der Waals surface area contributed by atoms with E-state index in [4.69, 9.17) is 0 Å². The summed E-state index contributed by atoms with van der Waals surface area (Å²) < 4.78 is 0. The van der Waals surface area contributed by atoms with E-state index >= 15 is 0 Å². The first-order valence-corrected chi connectivity index (χ1v) is 9.30. The van der Waals surface area contributed by atoms with Crippen LogP contribution in [0, 0.1) is 0 Å². The third-order valence-corrected chi connectivity index (χ3v) is 5.08. The number of hydrogen-bond donors (Lipinski definition) is 1. The number of nitrogens with one attached hydrogen (secondary N) is 1. The number of amides is 1. The molecule has 0 spiro atoms. The number of hydrogen-bond acceptors (Lipinski definition) is 6. The van der Waals surface area contributed by atoms with Crippen molar-refractivity contribution in [3.05, 3.63) is 52.4 Å². The number of nitrogens with zero attached hydrogens (tertiary/aromatic N) is 3. The Hall–Kier alpha value is -1.99. The summed E-state index contributed by atoms with van der Waals surface area (Å²) in [6.45, 7) is 0. The zero-order chi connectivity index (χ0) is 15.6. The summed E-state index contributed by atoms with van der Waals surface area (Å²) >= 11 is 3.18. The van der Waals surface area contributed by atoms with Gasteiger partial charge in [-0.25, -0.2) is 9.97 Å². The Morgan fingerprint density at radius 2 is 2.22 bits per heavy atom. The van der Waals surface area contributed by atoms with Crippen molar-refractivity contribution >= 4 is 29.0 Å². The third kappa shape index (κ3) is 3.35. The van der Waals surface area contributed by atoms with Gasteiger partial charge in [0.2, 0.25) is 0 Å². The first kappa shape index (κ1) is 14.6. The Morgan fingerprint density at radius 3 is 2.91 bits per heavy atom. The molecule has 3 heterocycles. The highest BCUT2D eigenvalue weighted by Crippen LogP contribution is 2.39. The molecule has 116 valence electrons. The first-order chi connectivity index (χ1) is 11.3. The lowest BCUT2D eigenvalue weighted by molar-refractivity contribution is 0.0962. The number of aromatic nitrogens is 3. The van der Waals surface area contributed by atoms with Gasteiger partial charge < -0.3 is 5.32 Å². The average Bonchev–Trinajstić information content (AvgIpc) is 3.30. The molecule has 23 heavy (non-hydrogen) atoms. The minimum atomic E-state index is -0.192. The maximum atomic E-state index is 12.5. The molecule has 0 unspecified atom stereocenters. The second kappa shape index (κ2) is 6.25. The number of carbonyl (C=O) groups is 1. The second-order valence-corrected chi connectivity index (χ2v) is 7.22. The molecule has 7 heteroatoms. The van der Waals surface area contributed by atoms with E-state index < -0.39 is 0 Å². The van der Waals surface area contributed by atoms with Gasteiger partial charge >= 0.3 is 0 Å². The summed E-state index contributed by atoms with van der Waals surface area (Å²) in [6, 6.07) is 1.82. The number of thiazole rings is 1. The van der Waals surface area contributed by atoms with Crippen LogP contribution in [0.5, 0.6) is 0 Å². The molecule has 5 nitrogen and oxygen atoms in total. The lowest BCUT2D eigenvalue weighted by atomic mass is 10.2. The number of rotatable bonds is 4. The van der Waals surface area contributed by atoms with Gasteiger partial charge in [-0.3, -0.25) is 9.78 Å². The van der Waals surface area contributed by atoms with Gasteiger partial charge in [0.05, 0.1) is 10.4 Å². The van der Waals surface area contributed by atoms with Crippen molar-refractivity contribution in [2.24, 2.45) is 0 Å².